The molecule has 7 nitrogen and oxygen atoms in total. The van der Waals surface area contributed by atoms with Crippen molar-refractivity contribution in [2.45, 2.75) is 57.6 Å². The Morgan fingerprint density at radius 3 is 2.39 bits per heavy atom. The Bertz CT molecular complexity index is 1560. The molecule has 1 aliphatic rings. The van der Waals surface area contributed by atoms with Crippen molar-refractivity contribution in [3.05, 3.63) is 77.4 Å². The topological polar surface area (TPSA) is 90.7 Å². The van der Waals surface area contributed by atoms with E-state index < -0.39 is 13.1 Å². The quantitative estimate of drug-likeness (QED) is 0.182. The molecule has 0 atom stereocenters. The van der Waals surface area contributed by atoms with E-state index in [4.69, 9.17) is 14.5 Å². The van der Waals surface area contributed by atoms with Gasteiger partial charge in [0.15, 0.2) is 0 Å². The minimum absolute atomic E-state index is 0.247. The number of hydrogen-bond acceptors (Lipinski definition) is 5. The molecule has 1 aliphatic carbocycles. The van der Waals surface area contributed by atoms with E-state index in [1.807, 2.05) is 55.8 Å². The number of rotatable bonds is 11. The van der Waals surface area contributed by atoms with Crippen LogP contribution >= 0.6 is 7.14 Å². The van der Waals surface area contributed by atoms with E-state index in [1.165, 1.54) is 24.8 Å². The summed E-state index contributed by atoms with van der Waals surface area (Å²) in [4.78, 5) is 16.5. The van der Waals surface area contributed by atoms with Crippen LogP contribution in [0.4, 0.5) is 0 Å². The molecule has 3 aromatic carbocycles. The molecule has 0 bridgehead atoms. The summed E-state index contributed by atoms with van der Waals surface area (Å²) >= 11 is 0. The van der Waals surface area contributed by atoms with Crippen molar-refractivity contribution in [2.24, 2.45) is 0 Å². The number of fused-ring (bicyclic) bond motifs is 1. The van der Waals surface area contributed by atoms with Crippen LogP contribution in [0.2, 0.25) is 0 Å². The second-order valence-electron chi connectivity index (χ2n) is 11.5. The van der Waals surface area contributed by atoms with Gasteiger partial charge in [-0.05, 0) is 105 Å². The molecule has 1 aromatic heterocycles. The molecule has 0 radical (unpaired) electrons. The summed E-state index contributed by atoms with van der Waals surface area (Å²) in [5.74, 6) is 1.45. The van der Waals surface area contributed by atoms with Crippen molar-refractivity contribution in [3.8, 4) is 22.9 Å². The Balaban J connectivity index is 1.38. The zero-order valence-electron chi connectivity index (χ0n) is 24.1. The SMILES string of the molecule is COc1ccc(CCCP(C)(C)=O)c(COc2ccc(-c3nc4cc(C(=O)O)ccc4n3C3CCCCC3)cc2)c1. The highest BCUT2D eigenvalue weighted by Gasteiger charge is 2.23. The van der Waals surface area contributed by atoms with E-state index >= 15 is 0 Å². The third-order valence-electron chi connectivity index (χ3n) is 7.94. The fourth-order valence-corrected chi connectivity index (χ4v) is 6.68. The van der Waals surface area contributed by atoms with E-state index in [-0.39, 0.29) is 5.56 Å². The fraction of sp³-hybridized carbons (Fsp3) is 0.394. The van der Waals surface area contributed by atoms with Crippen LogP contribution < -0.4 is 9.47 Å². The molecular weight excluding hydrogens is 535 g/mol. The first-order valence-corrected chi connectivity index (χ1v) is 17.2. The Labute approximate surface area is 241 Å². The van der Waals surface area contributed by atoms with Crippen molar-refractivity contribution in [1.82, 2.24) is 9.55 Å². The molecule has 1 saturated carbocycles. The van der Waals surface area contributed by atoms with Crippen LogP contribution in [0.15, 0.2) is 60.7 Å². The van der Waals surface area contributed by atoms with Gasteiger partial charge >= 0.3 is 5.97 Å². The zero-order valence-corrected chi connectivity index (χ0v) is 25.0. The van der Waals surface area contributed by atoms with E-state index in [9.17, 15) is 14.5 Å². The maximum Gasteiger partial charge on any atom is 0.335 e. The van der Waals surface area contributed by atoms with Crippen LogP contribution in [0.5, 0.6) is 11.5 Å². The third-order valence-corrected chi connectivity index (χ3v) is 9.33. The van der Waals surface area contributed by atoms with Crippen LogP contribution in [0.1, 0.15) is 66.1 Å². The Kier molecular flexibility index (Phi) is 8.84. The maximum absolute atomic E-state index is 12.2. The first-order chi connectivity index (χ1) is 19.7. The minimum atomic E-state index is -2.05. The minimum Gasteiger partial charge on any atom is -0.497 e. The van der Waals surface area contributed by atoms with Gasteiger partial charge in [-0.2, -0.15) is 0 Å². The standard InChI is InChI=1S/C33H39N2O5P/c1-39-29-17-11-23(8-7-19-41(2,3)38)26(20-29)22-40-28-15-12-24(13-16-28)32-34-30-21-25(33(36)37)14-18-31(30)35(32)27-9-5-4-6-10-27/h11-18,20-21,27H,4-10,19,22H2,1-3H3,(H,36,37). The summed E-state index contributed by atoms with van der Waals surface area (Å²) in [5, 5.41) is 9.50. The highest BCUT2D eigenvalue weighted by Crippen LogP contribution is 2.38. The predicted molar refractivity (Wildman–Crippen MR) is 164 cm³/mol. The Hall–Kier alpha value is -3.57. The van der Waals surface area contributed by atoms with Gasteiger partial charge in [0.2, 0.25) is 0 Å². The van der Waals surface area contributed by atoms with Crippen molar-refractivity contribution >= 4 is 24.1 Å². The van der Waals surface area contributed by atoms with E-state index in [0.717, 1.165) is 65.8 Å². The van der Waals surface area contributed by atoms with E-state index in [1.54, 1.807) is 19.2 Å². The molecule has 5 rings (SSSR count). The smallest absolute Gasteiger partial charge is 0.335 e. The summed E-state index contributed by atoms with van der Waals surface area (Å²) in [7, 11) is -0.387. The summed E-state index contributed by atoms with van der Waals surface area (Å²) in [6, 6.07) is 19.6. The van der Waals surface area contributed by atoms with Gasteiger partial charge in [0.1, 0.15) is 23.9 Å². The molecule has 0 amide bonds. The lowest BCUT2D eigenvalue weighted by atomic mass is 9.95. The summed E-state index contributed by atoms with van der Waals surface area (Å²) in [5.41, 5.74) is 5.14. The van der Waals surface area contributed by atoms with Crippen molar-refractivity contribution in [2.75, 3.05) is 26.6 Å². The van der Waals surface area contributed by atoms with Crippen LogP contribution in [-0.2, 0) is 17.6 Å². The molecule has 1 fully saturated rings. The van der Waals surface area contributed by atoms with E-state index in [0.29, 0.717) is 18.2 Å². The van der Waals surface area contributed by atoms with Gasteiger partial charge in [-0.3, -0.25) is 0 Å². The molecular formula is C33H39N2O5P. The number of ether oxygens (including phenoxy) is 2. The number of nitrogens with zero attached hydrogens (tertiary/aromatic N) is 2. The largest absolute Gasteiger partial charge is 0.497 e. The Morgan fingerprint density at radius 2 is 1.71 bits per heavy atom. The van der Waals surface area contributed by atoms with Gasteiger partial charge in [0.25, 0.3) is 0 Å². The molecule has 1 N–H and O–H groups in total. The number of carboxylic acid groups (broad SMARTS) is 1. The van der Waals surface area contributed by atoms with Gasteiger partial charge in [-0.25, -0.2) is 9.78 Å². The number of imidazole rings is 1. The molecule has 8 heteroatoms. The first-order valence-electron chi connectivity index (χ1n) is 14.4. The highest BCUT2D eigenvalue weighted by molar-refractivity contribution is 7.62. The Morgan fingerprint density at radius 1 is 0.976 bits per heavy atom. The zero-order chi connectivity index (χ0) is 29.0. The molecule has 0 saturated heterocycles. The van der Waals surface area contributed by atoms with Gasteiger partial charge < -0.3 is 23.7 Å². The van der Waals surface area contributed by atoms with Crippen molar-refractivity contribution < 1.29 is 23.9 Å². The van der Waals surface area contributed by atoms with Gasteiger partial charge in [0.05, 0.1) is 30.8 Å². The monoisotopic (exact) mass is 574 g/mol. The molecule has 0 unspecified atom stereocenters. The molecule has 41 heavy (non-hydrogen) atoms. The average molecular weight is 575 g/mol. The predicted octanol–water partition coefficient (Wildman–Crippen LogP) is 8.05. The second kappa shape index (κ2) is 12.5. The van der Waals surface area contributed by atoms with Crippen molar-refractivity contribution in [3.63, 3.8) is 0 Å². The van der Waals surface area contributed by atoms with Crippen LogP contribution in [0, 0.1) is 0 Å². The number of benzene rings is 3. The number of aromatic carboxylic acids is 1. The van der Waals surface area contributed by atoms with E-state index in [2.05, 4.69) is 10.6 Å². The summed E-state index contributed by atoms with van der Waals surface area (Å²) in [6.45, 7) is 4.08. The summed E-state index contributed by atoms with van der Waals surface area (Å²) in [6.07, 6.45) is 8.25. The molecule has 0 spiro atoms. The number of carboxylic acids is 1. The van der Waals surface area contributed by atoms with Crippen LogP contribution in [-0.4, -0.2) is 47.2 Å². The van der Waals surface area contributed by atoms with Gasteiger partial charge in [0, 0.05) is 17.8 Å². The molecule has 4 aromatic rings. The van der Waals surface area contributed by atoms with Gasteiger partial charge in [-0.1, -0.05) is 25.3 Å². The van der Waals surface area contributed by atoms with Crippen LogP contribution in [0.25, 0.3) is 22.4 Å². The average Bonchev–Trinajstić information content (AvgIpc) is 3.35. The van der Waals surface area contributed by atoms with Gasteiger partial charge in [-0.15, -0.1) is 0 Å². The van der Waals surface area contributed by atoms with Crippen molar-refractivity contribution in [1.29, 1.82) is 0 Å². The molecule has 1 heterocycles. The number of hydrogen-bond donors (Lipinski definition) is 1. The number of methoxy groups -OCH3 is 1. The number of aromatic nitrogens is 2. The lowest BCUT2D eigenvalue weighted by molar-refractivity contribution is 0.0697. The fourth-order valence-electron chi connectivity index (χ4n) is 5.76. The summed E-state index contributed by atoms with van der Waals surface area (Å²) < 4.78 is 26.1. The third kappa shape index (κ3) is 7.02. The molecule has 216 valence electrons. The number of aryl methyl sites for hydroxylation is 1. The normalized spacial score (nSPS) is 14.3. The maximum atomic E-state index is 12.2. The number of carbonyl (C=O) groups is 1. The lowest BCUT2D eigenvalue weighted by Gasteiger charge is -2.25. The first kappa shape index (κ1) is 28.9. The lowest BCUT2D eigenvalue weighted by Crippen LogP contribution is -2.14. The highest BCUT2D eigenvalue weighted by atomic mass is 31.2. The second-order valence-corrected chi connectivity index (χ2v) is 15.0. The van der Waals surface area contributed by atoms with Crippen LogP contribution in [0.3, 0.4) is 0 Å². The molecule has 0 aliphatic heterocycles.